The van der Waals surface area contributed by atoms with Crippen molar-refractivity contribution in [3.63, 3.8) is 0 Å². The summed E-state index contributed by atoms with van der Waals surface area (Å²) in [6.45, 7) is 1.79. The molecule has 2 aromatic rings. The quantitative estimate of drug-likeness (QED) is 0.529. The molecule has 0 unspecified atom stereocenters. The molecule has 0 saturated heterocycles. The fourth-order valence-electron chi connectivity index (χ4n) is 2.16. The van der Waals surface area contributed by atoms with Gasteiger partial charge in [0.25, 0.3) is 11.6 Å². The van der Waals surface area contributed by atoms with Gasteiger partial charge in [0.05, 0.1) is 11.5 Å². The first-order valence-electron chi connectivity index (χ1n) is 7.68. The predicted molar refractivity (Wildman–Crippen MR) is 97.8 cm³/mol. The zero-order valence-electron chi connectivity index (χ0n) is 14.4. The van der Waals surface area contributed by atoms with Crippen LogP contribution in [-0.2, 0) is 0 Å². The van der Waals surface area contributed by atoms with Crippen LogP contribution in [0.5, 0.6) is 0 Å². The average Bonchev–Trinajstić information content (AvgIpc) is 2.59. The number of aryl methyl sites for hydroxylation is 1. The van der Waals surface area contributed by atoms with Crippen LogP contribution in [0.2, 0.25) is 0 Å². The molecule has 25 heavy (non-hydrogen) atoms. The number of carbonyl (C=O) groups is 1. The molecule has 2 rings (SSSR count). The van der Waals surface area contributed by atoms with Crippen LogP contribution in [-0.4, -0.2) is 31.5 Å². The van der Waals surface area contributed by atoms with E-state index in [2.05, 4.69) is 17.2 Å². The van der Waals surface area contributed by atoms with Gasteiger partial charge >= 0.3 is 0 Å². The molecule has 0 aliphatic rings. The molecule has 0 aliphatic heterocycles. The van der Waals surface area contributed by atoms with Crippen molar-refractivity contribution in [2.75, 3.05) is 25.5 Å². The van der Waals surface area contributed by atoms with Gasteiger partial charge in [-0.05, 0) is 37.3 Å². The van der Waals surface area contributed by atoms with Crippen molar-refractivity contribution in [1.82, 2.24) is 5.32 Å². The summed E-state index contributed by atoms with van der Waals surface area (Å²) in [5.41, 5.74) is 2.63. The summed E-state index contributed by atoms with van der Waals surface area (Å²) in [6.07, 6.45) is 0. The van der Waals surface area contributed by atoms with Gasteiger partial charge in [0, 0.05) is 42.5 Å². The molecule has 0 aliphatic carbocycles. The molecule has 6 nitrogen and oxygen atoms in total. The molecule has 0 fully saturated rings. The van der Waals surface area contributed by atoms with E-state index in [9.17, 15) is 14.9 Å². The second-order valence-electron chi connectivity index (χ2n) is 5.68. The van der Waals surface area contributed by atoms with Crippen molar-refractivity contribution in [2.45, 2.75) is 6.92 Å². The standard InChI is InChI=1S/C19H19N3O3/c1-14-6-9-16(13-18(14)22(24)25)19(23)20-12-4-5-15-7-10-17(11-8-15)21(2)3/h6-11,13H,12H2,1-3H3,(H,20,23). The van der Waals surface area contributed by atoms with Gasteiger partial charge < -0.3 is 10.2 Å². The topological polar surface area (TPSA) is 75.5 Å². The first-order chi connectivity index (χ1) is 11.9. The van der Waals surface area contributed by atoms with Crippen molar-refractivity contribution >= 4 is 17.3 Å². The monoisotopic (exact) mass is 337 g/mol. The number of hydrogen-bond donors (Lipinski definition) is 1. The molecule has 1 N–H and O–H groups in total. The summed E-state index contributed by atoms with van der Waals surface area (Å²) < 4.78 is 0. The smallest absolute Gasteiger partial charge is 0.273 e. The molecule has 1 amide bonds. The first-order valence-corrected chi connectivity index (χ1v) is 7.68. The van der Waals surface area contributed by atoms with Gasteiger partial charge in [-0.25, -0.2) is 0 Å². The minimum atomic E-state index is -0.497. The summed E-state index contributed by atoms with van der Waals surface area (Å²) in [7, 11) is 3.93. The lowest BCUT2D eigenvalue weighted by Crippen LogP contribution is -2.23. The molecule has 0 atom stereocenters. The maximum Gasteiger partial charge on any atom is 0.273 e. The van der Waals surface area contributed by atoms with E-state index in [-0.39, 0.29) is 23.7 Å². The fourth-order valence-corrected chi connectivity index (χ4v) is 2.16. The van der Waals surface area contributed by atoms with E-state index in [0.717, 1.165) is 11.3 Å². The second-order valence-corrected chi connectivity index (χ2v) is 5.68. The van der Waals surface area contributed by atoms with Crippen molar-refractivity contribution in [3.05, 3.63) is 69.3 Å². The van der Waals surface area contributed by atoms with E-state index in [1.165, 1.54) is 6.07 Å². The van der Waals surface area contributed by atoms with Gasteiger partial charge in [-0.1, -0.05) is 17.9 Å². The summed E-state index contributed by atoms with van der Waals surface area (Å²) in [6, 6.07) is 12.1. The van der Waals surface area contributed by atoms with E-state index >= 15 is 0 Å². The molecular weight excluding hydrogens is 318 g/mol. The lowest BCUT2D eigenvalue weighted by atomic mass is 10.1. The van der Waals surface area contributed by atoms with E-state index < -0.39 is 4.92 Å². The van der Waals surface area contributed by atoms with Crippen LogP contribution in [0.25, 0.3) is 0 Å². The highest BCUT2D eigenvalue weighted by Gasteiger charge is 2.14. The van der Waals surface area contributed by atoms with Crippen LogP contribution in [0.3, 0.4) is 0 Å². The summed E-state index contributed by atoms with van der Waals surface area (Å²) in [5, 5.41) is 13.6. The van der Waals surface area contributed by atoms with Crippen LogP contribution < -0.4 is 10.2 Å². The molecule has 0 saturated carbocycles. The number of benzene rings is 2. The summed E-state index contributed by atoms with van der Waals surface area (Å²) >= 11 is 0. The van der Waals surface area contributed by atoms with Crippen molar-refractivity contribution in [1.29, 1.82) is 0 Å². The number of rotatable bonds is 4. The Morgan fingerprint density at radius 2 is 1.88 bits per heavy atom. The Morgan fingerprint density at radius 1 is 1.20 bits per heavy atom. The lowest BCUT2D eigenvalue weighted by molar-refractivity contribution is -0.385. The van der Waals surface area contributed by atoms with E-state index in [1.807, 2.05) is 43.3 Å². The Bertz CT molecular complexity index is 846. The Labute approximate surface area is 146 Å². The number of nitro benzene ring substituents is 1. The third kappa shape index (κ3) is 4.82. The fraction of sp³-hybridized carbons (Fsp3) is 0.211. The molecule has 0 radical (unpaired) electrons. The highest BCUT2D eigenvalue weighted by Crippen LogP contribution is 2.19. The third-order valence-electron chi connectivity index (χ3n) is 3.62. The third-order valence-corrected chi connectivity index (χ3v) is 3.62. The highest BCUT2D eigenvalue weighted by molar-refractivity contribution is 5.95. The van der Waals surface area contributed by atoms with Gasteiger partial charge in [-0.2, -0.15) is 0 Å². The summed E-state index contributed by atoms with van der Waals surface area (Å²) in [4.78, 5) is 24.5. The maximum atomic E-state index is 12.1. The molecule has 0 spiro atoms. The number of nitrogens with zero attached hydrogens (tertiary/aromatic N) is 2. The van der Waals surface area contributed by atoms with E-state index in [1.54, 1.807) is 19.1 Å². The minimum absolute atomic E-state index is 0.0697. The lowest BCUT2D eigenvalue weighted by Gasteiger charge is -2.11. The van der Waals surface area contributed by atoms with Crippen molar-refractivity contribution in [2.24, 2.45) is 0 Å². The zero-order valence-corrected chi connectivity index (χ0v) is 14.4. The number of amides is 1. The van der Waals surface area contributed by atoms with Crippen molar-refractivity contribution in [3.8, 4) is 11.8 Å². The zero-order chi connectivity index (χ0) is 18.4. The first kappa shape index (κ1) is 18.0. The number of anilines is 1. The molecule has 0 heterocycles. The van der Waals surface area contributed by atoms with Crippen LogP contribution in [0.1, 0.15) is 21.5 Å². The Hall–Kier alpha value is -3.33. The van der Waals surface area contributed by atoms with Crippen LogP contribution >= 0.6 is 0 Å². The number of nitrogens with one attached hydrogen (secondary N) is 1. The Balaban J connectivity index is 1.97. The van der Waals surface area contributed by atoms with Crippen LogP contribution in [0, 0.1) is 28.9 Å². The van der Waals surface area contributed by atoms with Gasteiger partial charge in [-0.15, -0.1) is 0 Å². The molecule has 128 valence electrons. The van der Waals surface area contributed by atoms with E-state index in [0.29, 0.717) is 5.56 Å². The van der Waals surface area contributed by atoms with Crippen LogP contribution in [0.15, 0.2) is 42.5 Å². The highest BCUT2D eigenvalue weighted by atomic mass is 16.6. The average molecular weight is 337 g/mol. The SMILES string of the molecule is Cc1ccc(C(=O)NCC#Cc2ccc(N(C)C)cc2)cc1[N+](=O)[O-]. The van der Waals surface area contributed by atoms with E-state index in [4.69, 9.17) is 0 Å². The molecule has 0 aromatic heterocycles. The largest absolute Gasteiger partial charge is 0.378 e. The predicted octanol–water partition coefficient (Wildman–Crippen LogP) is 2.75. The Kier molecular flexibility index (Phi) is 5.75. The van der Waals surface area contributed by atoms with Gasteiger partial charge in [0.15, 0.2) is 0 Å². The van der Waals surface area contributed by atoms with Gasteiger partial charge in [0.1, 0.15) is 0 Å². The number of carbonyl (C=O) groups excluding carboxylic acids is 1. The van der Waals surface area contributed by atoms with Crippen LogP contribution in [0.4, 0.5) is 11.4 Å². The molecule has 6 heteroatoms. The minimum Gasteiger partial charge on any atom is -0.378 e. The molecule has 0 bridgehead atoms. The van der Waals surface area contributed by atoms with Gasteiger partial charge in [0.2, 0.25) is 0 Å². The summed E-state index contributed by atoms with van der Waals surface area (Å²) in [5.74, 6) is 5.45. The second kappa shape index (κ2) is 7.97. The maximum absolute atomic E-state index is 12.1. The Morgan fingerprint density at radius 3 is 2.48 bits per heavy atom. The number of nitro groups is 1. The van der Waals surface area contributed by atoms with Gasteiger partial charge in [-0.3, -0.25) is 14.9 Å². The molecular formula is C19H19N3O3. The van der Waals surface area contributed by atoms with Crippen molar-refractivity contribution < 1.29 is 9.72 Å². The molecule has 2 aromatic carbocycles. The number of hydrogen-bond acceptors (Lipinski definition) is 4. The normalized spacial score (nSPS) is 9.72.